The van der Waals surface area contributed by atoms with E-state index in [0.29, 0.717) is 24.7 Å². The first-order valence-corrected chi connectivity index (χ1v) is 7.93. The van der Waals surface area contributed by atoms with E-state index < -0.39 is 0 Å². The van der Waals surface area contributed by atoms with Crippen LogP contribution in [0.1, 0.15) is 47.0 Å². The van der Waals surface area contributed by atoms with Gasteiger partial charge >= 0.3 is 0 Å². The first-order chi connectivity index (χ1) is 11.2. The first-order valence-electron chi connectivity index (χ1n) is 7.93. The summed E-state index contributed by atoms with van der Waals surface area (Å²) < 4.78 is 5.40. The molecule has 23 heavy (non-hydrogen) atoms. The van der Waals surface area contributed by atoms with Gasteiger partial charge in [0.05, 0.1) is 0 Å². The maximum Gasteiger partial charge on any atom is 0.276 e. The van der Waals surface area contributed by atoms with E-state index in [0.717, 1.165) is 30.6 Å². The molecule has 1 aromatic heterocycles. The second kappa shape index (κ2) is 5.57. The molecule has 2 aromatic rings. The quantitative estimate of drug-likeness (QED) is 0.945. The molecule has 1 aliphatic carbocycles. The molecule has 118 valence electrons. The van der Waals surface area contributed by atoms with Gasteiger partial charge in [-0.3, -0.25) is 4.79 Å². The predicted octanol–water partition coefficient (Wildman–Crippen LogP) is 3.19. The maximum absolute atomic E-state index is 12.6. The van der Waals surface area contributed by atoms with Crippen molar-refractivity contribution in [1.82, 2.24) is 9.88 Å². The van der Waals surface area contributed by atoms with E-state index in [1.165, 1.54) is 12.0 Å². The molecule has 1 N–H and O–H groups in total. The minimum Gasteiger partial charge on any atom is -0.508 e. The second-order valence-corrected chi connectivity index (χ2v) is 6.12. The number of phenols is 1. The van der Waals surface area contributed by atoms with Crippen LogP contribution in [-0.4, -0.2) is 34.0 Å². The number of hydrogen-bond donors (Lipinski definition) is 1. The highest BCUT2D eigenvalue weighted by molar-refractivity contribution is 5.94. The number of hydrogen-bond acceptors (Lipinski definition) is 4. The van der Waals surface area contributed by atoms with Gasteiger partial charge < -0.3 is 14.4 Å². The van der Waals surface area contributed by atoms with Crippen LogP contribution < -0.4 is 0 Å². The Morgan fingerprint density at radius 3 is 2.70 bits per heavy atom. The summed E-state index contributed by atoms with van der Waals surface area (Å²) in [7, 11) is 0. The molecule has 5 nitrogen and oxygen atoms in total. The van der Waals surface area contributed by atoms with Crippen LogP contribution >= 0.6 is 0 Å². The number of phenolic OH excluding ortho intramolecular Hbond substituents is 1. The maximum atomic E-state index is 12.6. The summed E-state index contributed by atoms with van der Waals surface area (Å²) in [6, 6.07) is 7.18. The fourth-order valence-electron chi connectivity index (χ4n) is 2.99. The molecule has 1 aromatic carbocycles. The highest BCUT2D eigenvalue weighted by Crippen LogP contribution is 2.41. The lowest BCUT2D eigenvalue weighted by atomic mass is 9.99. The fraction of sp³-hybridized carbons (Fsp3) is 0.333. The summed E-state index contributed by atoms with van der Waals surface area (Å²) in [5.74, 6) is 1.36. The Hall–Kier alpha value is -2.56. The normalized spacial score (nSPS) is 17.9. The number of rotatable bonds is 3. The average Bonchev–Trinajstić information content (AvgIpc) is 3.32. The number of aromatic nitrogens is 1. The zero-order valence-corrected chi connectivity index (χ0v) is 12.7. The Balaban J connectivity index is 1.49. The summed E-state index contributed by atoms with van der Waals surface area (Å²) in [5, 5.41) is 9.36. The SMILES string of the molecule is O=C(c1ncoc1C1CC1)N1CC=C(c2ccc(O)cc2)CC1. The molecule has 4 rings (SSSR count). The number of carbonyl (C=O) groups excluding carboxylic acids is 1. The number of amides is 1. The van der Waals surface area contributed by atoms with Crippen molar-refractivity contribution >= 4 is 11.5 Å². The molecule has 0 saturated heterocycles. The molecule has 0 spiro atoms. The number of benzene rings is 1. The Morgan fingerprint density at radius 1 is 1.26 bits per heavy atom. The van der Waals surface area contributed by atoms with E-state index in [2.05, 4.69) is 11.1 Å². The fourth-order valence-corrected chi connectivity index (χ4v) is 2.99. The molecule has 1 fully saturated rings. The van der Waals surface area contributed by atoms with Gasteiger partial charge in [0.25, 0.3) is 5.91 Å². The van der Waals surface area contributed by atoms with E-state index in [-0.39, 0.29) is 11.7 Å². The van der Waals surface area contributed by atoms with E-state index in [1.54, 1.807) is 12.1 Å². The van der Waals surface area contributed by atoms with Crippen molar-refractivity contribution in [2.24, 2.45) is 0 Å². The smallest absolute Gasteiger partial charge is 0.276 e. The molecule has 1 amide bonds. The van der Waals surface area contributed by atoms with Gasteiger partial charge in [0.1, 0.15) is 11.5 Å². The topological polar surface area (TPSA) is 66.6 Å². The van der Waals surface area contributed by atoms with Crippen molar-refractivity contribution < 1.29 is 14.3 Å². The van der Waals surface area contributed by atoms with E-state index in [4.69, 9.17) is 4.42 Å². The van der Waals surface area contributed by atoms with Gasteiger partial charge in [-0.2, -0.15) is 0 Å². The lowest BCUT2D eigenvalue weighted by Gasteiger charge is -2.26. The van der Waals surface area contributed by atoms with Gasteiger partial charge in [-0.15, -0.1) is 0 Å². The Kier molecular flexibility index (Phi) is 3.41. The van der Waals surface area contributed by atoms with Gasteiger partial charge in [-0.05, 0) is 42.5 Å². The van der Waals surface area contributed by atoms with Gasteiger partial charge in [-0.1, -0.05) is 18.2 Å². The summed E-state index contributed by atoms with van der Waals surface area (Å²) in [6.07, 6.45) is 6.42. The third-order valence-electron chi connectivity index (χ3n) is 4.48. The molecule has 0 radical (unpaired) electrons. The lowest BCUT2D eigenvalue weighted by Crippen LogP contribution is -2.35. The van der Waals surface area contributed by atoms with Crippen molar-refractivity contribution in [2.75, 3.05) is 13.1 Å². The monoisotopic (exact) mass is 310 g/mol. The molecule has 1 saturated carbocycles. The van der Waals surface area contributed by atoms with Crippen LogP contribution in [0.25, 0.3) is 5.57 Å². The van der Waals surface area contributed by atoms with Crippen LogP contribution in [0.3, 0.4) is 0 Å². The van der Waals surface area contributed by atoms with Crippen molar-refractivity contribution in [3.05, 3.63) is 53.8 Å². The lowest BCUT2D eigenvalue weighted by molar-refractivity contribution is 0.0765. The summed E-state index contributed by atoms with van der Waals surface area (Å²) in [5.41, 5.74) is 2.78. The van der Waals surface area contributed by atoms with Gasteiger partial charge in [0.15, 0.2) is 12.1 Å². The standard InChI is InChI=1S/C18H18N2O3/c21-15-5-3-12(4-6-15)13-7-9-20(10-8-13)18(22)16-17(14-1-2-14)23-11-19-16/h3-7,11,14,21H,1-2,8-10H2. The zero-order valence-electron chi connectivity index (χ0n) is 12.7. The molecule has 2 heterocycles. The van der Waals surface area contributed by atoms with Crippen molar-refractivity contribution in [3.8, 4) is 5.75 Å². The molecule has 2 aliphatic rings. The minimum atomic E-state index is -0.0401. The molecule has 0 unspecified atom stereocenters. The summed E-state index contributed by atoms with van der Waals surface area (Å²) in [6.45, 7) is 1.24. The van der Waals surface area contributed by atoms with Crippen LogP contribution in [0.4, 0.5) is 0 Å². The third-order valence-corrected chi connectivity index (χ3v) is 4.48. The van der Waals surface area contributed by atoms with Crippen LogP contribution in [-0.2, 0) is 0 Å². The van der Waals surface area contributed by atoms with Gasteiger partial charge in [0.2, 0.25) is 0 Å². The molecular weight excluding hydrogens is 292 g/mol. The number of oxazole rings is 1. The largest absolute Gasteiger partial charge is 0.508 e. The molecule has 1 aliphatic heterocycles. The average molecular weight is 310 g/mol. The van der Waals surface area contributed by atoms with Crippen LogP contribution in [0.5, 0.6) is 5.75 Å². The van der Waals surface area contributed by atoms with Gasteiger partial charge in [-0.25, -0.2) is 4.98 Å². The minimum absolute atomic E-state index is 0.0401. The van der Waals surface area contributed by atoms with Crippen LogP contribution in [0.2, 0.25) is 0 Å². The van der Waals surface area contributed by atoms with Gasteiger partial charge in [0, 0.05) is 19.0 Å². The molecular formula is C18H18N2O3. The van der Waals surface area contributed by atoms with Crippen molar-refractivity contribution in [2.45, 2.75) is 25.2 Å². The Morgan fingerprint density at radius 2 is 2.04 bits per heavy atom. The van der Waals surface area contributed by atoms with Crippen LogP contribution in [0, 0.1) is 0 Å². The highest BCUT2D eigenvalue weighted by Gasteiger charge is 2.34. The number of carbonyl (C=O) groups is 1. The third kappa shape index (κ3) is 2.74. The van der Waals surface area contributed by atoms with Crippen LogP contribution in [0.15, 0.2) is 41.2 Å². The van der Waals surface area contributed by atoms with E-state index in [9.17, 15) is 9.90 Å². The van der Waals surface area contributed by atoms with E-state index >= 15 is 0 Å². The predicted molar refractivity (Wildman–Crippen MR) is 85.1 cm³/mol. The molecule has 0 bridgehead atoms. The Labute approximate surface area is 134 Å². The van der Waals surface area contributed by atoms with Crippen molar-refractivity contribution in [1.29, 1.82) is 0 Å². The summed E-state index contributed by atoms with van der Waals surface area (Å²) >= 11 is 0. The highest BCUT2D eigenvalue weighted by atomic mass is 16.3. The van der Waals surface area contributed by atoms with Crippen molar-refractivity contribution in [3.63, 3.8) is 0 Å². The van der Waals surface area contributed by atoms with E-state index in [1.807, 2.05) is 17.0 Å². The first kappa shape index (κ1) is 14.1. The molecule has 5 heteroatoms. The second-order valence-electron chi connectivity index (χ2n) is 6.12. The summed E-state index contributed by atoms with van der Waals surface area (Å²) in [4.78, 5) is 18.6. The molecule has 0 atom stereocenters. The number of aromatic hydroxyl groups is 1. The Bertz CT molecular complexity index is 757. The zero-order chi connectivity index (χ0) is 15.8. The number of nitrogens with zero attached hydrogens (tertiary/aromatic N) is 2.